The third-order valence-corrected chi connectivity index (χ3v) is 3.35. The van der Waals surface area contributed by atoms with E-state index >= 15 is 0 Å². The number of nitrogens with one attached hydrogen (secondary N) is 1. The summed E-state index contributed by atoms with van der Waals surface area (Å²) in [6.45, 7) is 3.81. The quantitative estimate of drug-likeness (QED) is 0.804. The van der Waals surface area contributed by atoms with Gasteiger partial charge in [-0.3, -0.25) is 0 Å². The summed E-state index contributed by atoms with van der Waals surface area (Å²) in [6.07, 6.45) is 1.70. The monoisotopic (exact) mass is 283 g/mol. The Kier molecular flexibility index (Phi) is 5.76. The van der Waals surface area contributed by atoms with Crippen LogP contribution in [0.3, 0.4) is 0 Å². The van der Waals surface area contributed by atoms with Gasteiger partial charge in [-0.1, -0.05) is 0 Å². The van der Waals surface area contributed by atoms with Gasteiger partial charge in [0, 0.05) is 18.8 Å². The molecular formula is C15H22FNO3. The fourth-order valence-corrected chi connectivity index (χ4v) is 2.22. The Morgan fingerprint density at radius 2 is 2.40 bits per heavy atom. The van der Waals surface area contributed by atoms with Crippen LogP contribution in [0.25, 0.3) is 0 Å². The number of anilines is 1. The zero-order chi connectivity index (χ0) is 14.4. The van der Waals surface area contributed by atoms with Gasteiger partial charge in [-0.2, -0.15) is 0 Å². The number of hydrogen-bond donors (Lipinski definition) is 2. The van der Waals surface area contributed by atoms with Crippen LogP contribution in [0.5, 0.6) is 0 Å². The minimum atomic E-state index is -0.596. The van der Waals surface area contributed by atoms with Crippen molar-refractivity contribution in [3.63, 3.8) is 0 Å². The van der Waals surface area contributed by atoms with Gasteiger partial charge in [-0.05, 0) is 43.5 Å². The number of rotatable bonds is 7. The van der Waals surface area contributed by atoms with Crippen LogP contribution in [-0.2, 0) is 9.47 Å². The molecule has 0 amide bonds. The Bertz CT molecular complexity index is 422. The van der Waals surface area contributed by atoms with Crippen LogP contribution in [0.4, 0.5) is 10.1 Å². The van der Waals surface area contributed by atoms with Crippen molar-refractivity contribution in [1.29, 1.82) is 0 Å². The molecule has 1 fully saturated rings. The predicted molar refractivity (Wildman–Crippen MR) is 75.4 cm³/mol. The highest BCUT2D eigenvalue weighted by atomic mass is 19.1. The number of aryl methyl sites for hydroxylation is 1. The van der Waals surface area contributed by atoms with Crippen molar-refractivity contribution in [3.8, 4) is 0 Å². The Morgan fingerprint density at radius 1 is 1.55 bits per heavy atom. The van der Waals surface area contributed by atoms with Gasteiger partial charge in [0.05, 0.1) is 25.4 Å². The Labute approximate surface area is 118 Å². The minimum Gasteiger partial charge on any atom is -0.389 e. The molecule has 0 spiro atoms. The highest BCUT2D eigenvalue weighted by Crippen LogP contribution is 2.15. The highest BCUT2D eigenvalue weighted by molar-refractivity contribution is 5.50. The molecule has 1 aromatic carbocycles. The number of halogens is 1. The van der Waals surface area contributed by atoms with Crippen molar-refractivity contribution in [2.75, 3.05) is 31.7 Å². The Morgan fingerprint density at radius 3 is 3.10 bits per heavy atom. The van der Waals surface area contributed by atoms with Gasteiger partial charge < -0.3 is 19.9 Å². The smallest absolute Gasteiger partial charge is 0.123 e. The summed E-state index contributed by atoms with van der Waals surface area (Å²) in [4.78, 5) is 0. The van der Waals surface area contributed by atoms with Gasteiger partial charge in [0.25, 0.3) is 0 Å². The van der Waals surface area contributed by atoms with E-state index < -0.39 is 6.10 Å². The van der Waals surface area contributed by atoms with Crippen molar-refractivity contribution in [3.05, 3.63) is 29.6 Å². The van der Waals surface area contributed by atoms with Crippen molar-refractivity contribution < 1.29 is 19.0 Å². The third kappa shape index (κ3) is 4.74. The molecule has 1 aliphatic rings. The first kappa shape index (κ1) is 15.2. The predicted octanol–water partition coefficient (Wildman–Crippen LogP) is 2.10. The van der Waals surface area contributed by atoms with Crippen LogP contribution in [-0.4, -0.2) is 43.7 Å². The Hall–Kier alpha value is -1.17. The number of ether oxygens (including phenoxy) is 2. The molecule has 1 saturated heterocycles. The van der Waals surface area contributed by atoms with Crippen LogP contribution in [0, 0.1) is 12.7 Å². The summed E-state index contributed by atoms with van der Waals surface area (Å²) in [6, 6.07) is 4.53. The minimum absolute atomic E-state index is 0.175. The molecule has 2 rings (SSSR count). The first-order valence-corrected chi connectivity index (χ1v) is 7.02. The van der Waals surface area contributed by atoms with Crippen molar-refractivity contribution in [1.82, 2.24) is 0 Å². The maximum Gasteiger partial charge on any atom is 0.123 e. The van der Waals surface area contributed by atoms with Crippen LogP contribution in [0.1, 0.15) is 18.4 Å². The van der Waals surface area contributed by atoms with E-state index in [-0.39, 0.29) is 18.5 Å². The van der Waals surface area contributed by atoms with E-state index in [0.29, 0.717) is 13.2 Å². The lowest BCUT2D eigenvalue weighted by Gasteiger charge is -2.16. The van der Waals surface area contributed by atoms with Gasteiger partial charge in [0.2, 0.25) is 0 Å². The fraction of sp³-hybridized carbons (Fsp3) is 0.600. The molecule has 1 aromatic rings. The summed E-state index contributed by atoms with van der Waals surface area (Å²) < 4.78 is 23.8. The SMILES string of the molecule is Cc1cc(F)ccc1NCC(O)COCC1CCCO1. The number of benzene rings is 1. The molecule has 2 atom stereocenters. The van der Waals surface area contributed by atoms with E-state index in [1.54, 1.807) is 6.07 Å². The van der Waals surface area contributed by atoms with E-state index in [1.165, 1.54) is 12.1 Å². The molecule has 0 bridgehead atoms. The normalized spacial score (nSPS) is 20.1. The van der Waals surface area contributed by atoms with Gasteiger partial charge in [0.1, 0.15) is 5.82 Å². The lowest BCUT2D eigenvalue weighted by atomic mass is 10.2. The molecule has 1 heterocycles. The molecule has 4 nitrogen and oxygen atoms in total. The first-order valence-electron chi connectivity index (χ1n) is 7.02. The van der Waals surface area contributed by atoms with Crippen molar-refractivity contribution in [2.24, 2.45) is 0 Å². The third-order valence-electron chi connectivity index (χ3n) is 3.35. The summed E-state index contributed by atoms with van der Waals surface area (Å²) in [5.41, 5.74) is 1.64. The first-order chi connectivity index (χ1) is 9.65. The summed E-state index contributed by atoms with van der Waals surface area (Å²) in [7, 11) is 0. The molecule has 1 aliphatic heterocycles. The topological polar surface area (TPSA) is 50.7 Å². The highest BCUT2D eigenvalue weighted by Gasteiger charge is 2.16. The van der Waals surface area contributed by atoms with Gasteiger partial charge >= 0.3 is 0 Å². The van der Waals surface area contributed by atoms with E-state index in [4.69, 9.17) is 9.47 Å². The van der Waals surface area contributed by atoms with E-state index in [0.717, 1.165) is 30.7 Å². The molecule has 20 heavy (non-hydrogen) atoms. The summed E-state index contributed by atoms with van der Waals surface area (Å²) >= 11 is 0. The largest absolute Gasteiger partial charge is 0.389 e. The number of aliphatic hydroxyl groups is 1. The molecule has 5 heteroatoms. The summed E-state index contributed by atoms with van der Waals surface area (Å²) in [5.74, 6) is -0.256. The lowest BCUT2D eigenvalue weighted by molar-refractivity contribution is -0.0137. The van der Waals surface area contributed by atoms with Gasteiger partial charge in [-0.15, -0.1) is 0 Å². The molecule has 2 unspecified atom stereocenters. The lowest BCUT2D eigenvalue weighted by Crippen LogP contribution is -2.27. The van der Waals surface area contributed by atoms with Gasteiger partial charge in [0.15, 0.2) is 0 Å². The van der Waals surface area contributed by atoms with E-state index in [1.807, 2.05) is 6.92 Å². The molecule has 0 radical (unpaired) electrons. The standard InChI is InChI=1S/C15H22FNO3/c1-11-7-12(16)4-5-15(11)17-8-13(18)9-19-10-14-3-2-6-20-14/h4-5,7,13-14,17-18H,2-3,6,8-10H2,1H3. The molecule has 112 valence electrons. The fourth-order valence-electron chi connectivity index (χ4n) is 2.22. The second-order valence-electron chi connectivity index (χ2n) is 5.17. The molecule has 0 aliphatic carbocycles. The van der Waals surface area contributed by atoms with Gasteiger partial charge in [-0.25, -0.2) is 4.39 Å². The number of hydrogen-bond acceptors (Lipinski definition) is 4. The maximum atomic E-state index is 13.0. The van der Waals surface area contributed by atoms with E-state index in [2.05, 4.69) is 5.32 Å². The van der Waals surface area contributed by atoms with Crippen LogP contribution in [0.2, 0.25) is 0 Å². The maximum absolute atomic E-state index is 13.0. The van der Waals surface area contributed by atoms with Crippen LogP contribution < -0.4 is 5.32 Å². The zero-order valence-corrected chi connectivity index (χ0v) is 11.8. The van der Waals surface area contributed by atoms with Crippen molar-refractivity contribution in [2.45, 2.75) is 32.0 Å². The zero-order valence-electron chi connectivity index (χ0n) is 11.8. The second kappa shape index (κ2) is 7.57. The molecule has 0 aromatic heterocycles. The van der Waals surface area contributed by atoms with Crippen LogP contribution >= 0.6 is 0 Å². The van der Waals surface area contributed by atoms with Crippen LogP contribution in [0.15, 0.2) is 18.2 Å². The average Bonchev–Trinajstić information content (AvgIpc) is 2.91. The molecular weight excluding hydrogens is 261 g/mol. The van der Waals surface area contributed by atoms with Crippen molar-refractivity contribution >= 4 is 5.69 Å². The molecule has 0 saturated carbocycles. The van der Waals surface area contributed by atoms with E-state index in [9.17, 15) is 9.50 Å². The summed E-state index contributed by atoms with van der Waals surface area (Å²) in [5, 5.41) is 12.9. The molecule has 2 N–H and O–H groups in total. The number of aliphatic hydroxyl groups excluding tert-OH is 1. The average molecular weight is 283 g/mol. The second-order valence-corrected chi connectivity index (χ2v) is 5.17. The Balaban J connectivity index is 1.65.